The van der Waals surface area contributed by atoms with Crippen molar-refractivity contribution in [1.82, 2.24) is 4.98 Å². The van der Waals surface area contributed by atoms with Crippen LogP contribution < -0.4 is 5.32 Å². The molecule has 3 rings (SSSR count). The second-order valence-corrected chi connectivity index (χ2v) is 9.18. The number of nitrogens with zero attached hydrogens (tertiary/aromatic N) is 1. The monoisotopic (exact) mass is 434 g/mol. The van der Waals surface area contributed by atoms with Gasteiger partial charge in [0.05, 0.1) is 11.7 Å². The molecule has 4 nitrogen and oxygen atoms in total. The molecule has 0 amide bonds. The molecule has 0 aliphatic heterocycles. The number of pyridine rings is 1. The topological polar surface area (TPSA) is 59.1 Å². The van der Waals surface area contributed by atoms with Gasteiger partial charge in [0.25, 0.3) is 9.84 Å². The van der Waals surface area contributed by atoms with Crippen LogP contribution in [0.3, 0.4) is 0 Å². The highest BCUT2D eigenvalue weighted by Gasteiger charge is 2.49. The van der Waals surface area contributed by atoms with Gasteiger partial charge in [0.2, 0.25) is 0 Å². The van der Waals surface area contributed by atoms with E-state index in [0.29, 0.717) is 36.0 Å². The van der Waals surface area contributed by atoms with Crippen LogP contribution in [0.2, 0.25) is 0 Å². The number of hydrogen-bond acceptors (Lipinski definition) is 4. The van der Waals surface area contributed by atoms with E-state index in [1.165, 1.54) is 13.0 Å². The lowest BCUT2D eigenvalue weighted by Crippen LogP contribution is -2.25. The van der Waals surface area contributed by atoms with Crippen LogP contribution in [0.4, 0.5) is 27.6 Å². The van der Waals surface area contributed by atoms with E-state index in [9.17, 15) is 30.4 Å². The summed E-state index contributed by atoms with van der Waals surface area (Å²) < 4.78 is 89.7. The van der Waals surface area contributed by atoms with Crippen molar-refractivity contribution in [3.63, 3.8) is 0 Å². The van der Waals surface area contributed by atoms with E-state index in [-0.39, 0.29) is 5.56 Å². The summed E-state index contributed by atoms with van der Waals surface area (Å²) in [6.07, 6.45) is 1.34. The van der Waals surface area contributed by atoms with Crippen molar-refractivity contribution in [1.29, 1.82) is 0 Å². The molecule has 1 fully saturated rings. The predicted molar refractivity (Wildman–Crippen MR) is 97.5 cm³/mol. The molecule has 1 aliphatic rings. The van der Waals surface area contributed by atoms with Crippen LogP contribution in [0.25, 0.3) is 0 Å². The Morgan fingerprint density at radius 2 is 1.90 bits per heavy atom. The summed E-state index contributed by atoms with van der Waals surface area (Å²) in [7, 11) is -5.82. The first-order chi connectivity index (χ1) is 13.4. The molecule has 29 heavy (non-hydrogen) atoms. The average Bonchev–Trinajstić information content (AvgIpc) is 3.41. The van der Waals surface area contributed by atoms with Gasteiger partial charge >= 0.3 is 5.51 Å². The highest BCUT2D eigenvalue weighted by atomic mass is 32.2. The maximum Gasteiger partial charge on any atom is 0.502 e. The first kappa shape index (κ1) is 21.5. The molecule has 1 aromatic carbocycles. The van der Waals surface area contributed by atoms with Crippen LogP contribution in [0, 0.1) is 12.7 Å². The minimum absolute atomic E-state index is 0.238. The Kier molecular flexibility index (Phi) is 5.35. The van der Waals surface area contributed by atoms with Crippen LogP contribution in [-0.2, 0) is 15.3 Å². The summed E-state index contributed by atoms with van der Waals surface area (Å²) in [6, 6.07) is 5.27. The van der Waals surface area contributed by atoms with Gasteiger partial charge in [-0.3, -0.25) is 9.37 Å². The third-order valence-electron chi connectivity index (χ3n) is 5.04. The highest BCUT2D eigenvalue weighted by molar-refractivity contribution is 7.92. The zero-order chi connectivity index (χ0) is 21.6. The number of sulfone groups is 1. The Morgan fingerprint density at radius 1 is 1.24 bits per heavy atom. The number of alkyl halides is 4. The molecule has 1 N–H and O–H groups in total. The summed E-state index contributed by atoms with van der Waals surface area (Å²) in [5, 5.41) is 2.94. The van der Waals surface area contributed by atoms with Crippen LogP contribution in [0.5, 0.6) is 0 Å². The molecule has 2 aromatic rings. The lowest BCUT2D eigenvalue weighted by molar-refractivity contribution is -0.0437. The first-order valence-corrected chi connectivity index (χ1v) is 10.3. The van der Waals surface area contributed by atoms with Gasteiger partial charge < -0.3 is 5.32 Å². The molecular weight excluding hydrogens is 415 g/mol. The van der Waals surface area contributed by atoms with Gasteiger partial charge in [0, 0.05) is 22.4 Å². The Bertz CT molecular complexity index is 1030. The Balaban J connectivity index is 1.93. The molecule has 10 heteroatoms. The zero-order valence-corrected chi connectivity index (χ0v) is 16.5. The maximum atomic E-state index is 14.7. The SMILES string of the molecule is Cc1cc(N[C@H](C)c2cccc(S(=O)(=O)C(F)(F)F)c2F)cc(C2(CF)CC2)n1. The number of benzene rings is 1. The minimum atomic E-state index is -5.82. The average molecular weight is 434 g/mol. The van der Waals surface area contributed by atoms with Crippen LogP contribution in [0.15, 0.2) is 35.2 Å². The lowest BCUT2D eigenvalue weighted by atomic mass is 10.0. The van der Waals surface area contributed by atoms with E-state index in [1.807, 2.05) is 0 Å². The Hall–Kier alpha value is -2.23. The molecule has 1 heterocycles. The fourth-order valence-corrected chi connectivity index (χ4v) is 4.02. The number of rotatable bonds is 6. The molecule has 1 saturated carbocycles. The minimum Gasteiger partial charge on any atom is -0.378 e. The molecule has 0 spiro atoms. The fourth-order valence-electron chi connectivity index (χ4n) is 3.15. The summed E-state index contributed by atoms with van der Waals surface area (Å²) in [6.45, 7) is 2.65. The van der Waals surface area contributed by atoms with Crippen LogP contribution in [-0.4, -0.2) is 25.6 Å². The molecule has 158 valence electrons. The molecule has 0 saturated heterocycles. The normalized spacial score (nSPS) is 17.1. The van der Waals surface area contributed by atoms with Gasteiger partial charge in [0.15, 0.2) is 0 Å². The van der Waals surface area contributed by atoms with Gasteiger partial charge in [-0.05, 0) is 44.9 Å². The molecule has 0 unspecified atom stereocenters. The summed E-state index contributed by atoms with van der Waals surface area (Å²) in [5.74, 6) is -1.46. The second kappa shape index (κ2) is 7.23. The molecule has 1 aromatic heterocycles. The van der Waals surface area contributed by atoms with Crippen molar-refractivity contribution in [3.8, 4) is 0 Å². The van der Waals surface area contributed by atoms with Gasteiger partial charge in [0.1, 0.15) is 17.4 Å². The van der Waals surface area contributed by atoms with Crippen molar-refractivity contribution in [3.05, 3.63) is 53.1 Å². The summed E-state index contributed by atoms with van der Waals surface area (Å²) >= 11 is 0. The van der Waals surface area contributed by atoms with Crippen molar-refractivity contribution >= 4 is 15.5 Å². The van der Waals surface area contributed by atoms with E-state index in [4.69, 9.17) is 0 Å². The van der Waals surface area contributed by atoms with Crippen molar-refractivity contribution < 1.29 is 30.4 Å². The van der Waals surface area contributed by atoms with E-state index >= 15 is 0 Å². The van der Waals surface area contributed by atoms with E-state index in [1.54, 1.807) is 19.1 Å². The maximum absolute atomic E-state index is 14.7. The fraction of sp³-hybridized carbons (Fsp3) is 0.421. The standard InChI is InChI=1S/C19H19F5N2O2S/c1-11-8-13(9-16(25-11)18(10-20)6-7-18)26-12(2)14-4-3-5-15(17(14)21)29(27,28)19(22,23)24/h3-5,8-9,12H,6-7,10H2,1-2H3,(H,25,26)/t12-/m1/s1. The molecule has 1 atom stereocenters. The van der Waals surface area contributed by atoms with Crippen molar-refractivity contribution in [2.24, 2.45) is 0 Å². The Morgan fingerprint density at radius 3 is 2.45 bits per heavy atom. The zero-order valence-electron chi connectivity index (χ0n) is 15.6. The molecule has 0 radical (unpaired) electrons. The van der Waals surface area contributed by atoms with Gasteiger partial charge in [-0.25, -0.2) is 12.8 Å². The molecule has 0 bridgehead atoms. The first-order valence-electron chi connectivity index (χ1n) is 8.83. The van der Waals surface area contributed by atoms with Crippen molar-refractivity contribution in [2.45, 2.75) is 48.5 Å². The number of aryl methyl sites for hydroxylation is 1. The van der Waals surface area contributed by atoms with Gasteiger partial charge in [-0.15, -0.1) is 0 Å². The number of hydrogen-bond donors (Lipinski definition) is 1. The van der Waals surface area contributed by atoms with Gasteiger partial charge in [-0.2, -0.15) is 13.2 Å². The quantitative estimate of drug-likeness (QED) is 0.651. The molecule has 1 aliphatic carbocycles. The predicted octanol–water partition coefficient (Wildman–Crippen LogP) is 5.00. The van der Waals surface area contributed by atoms with Crippen LogP contribution >= 0.6 is 0 Å². The second-order valence-electron chi connectivity index (χ2n) is 7.27. The number of anilines is 1. The number of aromatic nitrogens is 1. The molecular formula is C19H19F5N2O2S. The van der Waals surface area contributed by atoms with E-state index < -0.39 is 44.2 Å². The number of nitrogens with one attached hydrogen (secondary N) is 1. The largest absolute Gasteiger partial charge is 0.502 e. The summed E-state index contributed by atoms with van der Waals surface area (Å²) in [5.41, 5.74) is -4.81. The van der Waals surface area contributed by atoms with E-state index in [0.717, 1.165) is 6.07 Å². The van der Waals surface area contributed by atoms with E-state index in [2.05, 4.69) is 10.3 Å². The number of halogens is 5. The lowest BCUT2D eigenvalue weighted by Gasteiger charge is -2.20. The third kappa shape index (κ3) is 3.94. The highest BCUT2D eigenvalue weighted by Crippen LogP contribution is 2.48. The van der Waals surface area contributed by atoms with Gasteiger partial charge in [-0.1, -0.05) is 12.1 Å². The summed E-state index contributed by atoms with van der Waals surface area (Å²) in [4.78, 5) is 2.93. The van der Waals surface area contributed by atoms with Crippen molar-refractivity contribution in [2.75, 3.05) is 12.0 Å². The van der Waals surface area contributed by atoms with Crippen LogP contribution in [0.1, 0.15) is 42.8 Å². The Labute approximate surface area is 165 Å². The smallest absolute Gasteiger partial charge is 0.378 e. The third-order valence-corrected chi connectivity index (χ3v) is 6.55.